The molecule has 3 aromatic rings. The van der Waals surface area contributed by atoms with Crippen LogP contribution in [0.2, 0.25) is 0 Å². The number of hydrogen-bond donors (Lipinski definition) is 2. The van der Waals surface area contributed by atoms with Gasteiger partial charge in [0, 0.05) is 49.7 Å². The first-order valence-corrected chi connectivity index (χ1v) is 11.1. The van der Waals surface area contributed by atoms with Gasteiger partial charge in [-0.1, -0.05) is 6.92 Å². The van der Waals surface area contributed by atoms with Crippen molar-refractivity contribution in [3.8, 4) is 17.2 Å². The second-order valence-corrected chi connectivity index (χ2v) is 9.08. The first-order chi connectivity index (χ1) is 15.8. The number of carbonyl (C=O) groups excluding carboxylic acids is 2. The molecule has 1 aliphatic heterocycles. The fourth-order valence-corrected chi connectivity index (χ4v) is 4.72. The van der Waals surface area contributed by atoms with Crippen molar-refractivity contribution in [3.05, 3.63) is 36.4 Å². The number of likely N-dealkylation sites (tertiary alicyclic amines) is 1. The predicted molar refractivity (Wildman–Crippen MR) is 121 cm³/mol. The SMILES string of the molecule is CC[C@@H]1CN(C(=O)C2(C#N)CC2)C[C@H]1Nc1c(C(N)=O)cnn2cc(-c3cnn(C)c3)cc12. The highest BCUT2D eigenvalue weighted by molar-refractivity contribution is 6.02. The second kappa shape index (κ2) is 7.62. The molecule has 4 heterocycles. The quantitative estimate of drug-likeness (QED) is 0.593. The molecule has 5 rings (SSSR count). The Morgan fingerprint density at radius 1 is 1.24 bits per heavy atom. The summed E-state index contributed by atoms with van der Waals surface area (Å²) in [5.74, 6) is -0.466. The van der Waals surface area contributed by atoms with Crippen molar-refractivity contribution in [1.82, 2.24) is 24.3 Å². The molecule has 10 nitrogen and oxygen atoms in total. The summed E-state index contributed by atoms with van der Waals surface area (Å²) in [6.07, 6.45) is 9.15. The molecule has 33 heavy (non-hydrogen) atoms. The summed E-state index contributed by atoms with van der Waals surface area (Å²) in [5, 5.41) is 21.6. The Balaban J connectivity index is 1.49. The number of aryl methyl sites for hydroxylation is 1. The Kier molecular flexibility index (Phi) is 4.85. The molecule has 170 valence electrons. The van der Waals surface area contributed by atoms with Crippen LogP contribution < -0.4 is 11.1 Å². The van der Waals surface area contributed by atoms with Crippen LogP contribution in [0, 0.1) is 22.7 Å². The lowest BCUT2D eigenvalue weighted by Gasteiger charge is -2.22. The van der Waals surface area contributed by atoms with Crippen molar-refractivity contribution in [2.45, 2.75) is 32.2 Å². The molecule has 1 aliphatic carbocycles. The van der Waals surface area contributed by atoms with Crippen LogP contribution in [0.3, 0.4) is 0 Å². The summed E-state index contributed by atoms with van der Waals surface area (Å²) in [7, 11) is 1.85. The van der Waals surface area contributed by atoms with E-state index < -0.39 is 11.3 Å². The molecule has 1 saturated carbocycles. The van der Waals surface area contributed by atoms with Crippen LogP contribution in [0.15, 0.2) is 30.9 Å². The maximum Gasteiger partial charge on any atom is 0.252 e. The van der Waals surface area contributed by atoms with Crippen LogP contribution >= 0.6 is 0 Å². The Labute approximate surface area is 190 Å². The fraction of sp³-hybridized carbons (Fsp3) is 0.435. The highest BCUT2D eigenvalue weighted by Crippen LogP contribution is 2.47. The summed E-state index contributed by atoms with van der Waals surface area (Å²) in [6.45, 7) is 3.15. The number of nitrogens with zero attached hydrogens (tertiary/aromatic N) is 6. The van der Waals surface area contributed by atoms with Crippen LogP contribution in [0.1, 0.15) is 36.5 Å². The Morgan fingerprint density at radius 2 is 2.03 bits per heavy atom. The lowest BCUT2D eigenvalue weighted by Crippen LogP contribution is -2.36. The lowest BCUT2D eigenvalue weighted by atomic mass is 10.00. The van der Waals surface area contributed by atoms with E-state index in [1.54, 1.807) is 20.3 Å². The third kappa shape index (κ3) is 3.50. The second-order valence-electron chi connectivity index (χ2n) is 9.08. The summed E-state index contributed by atoms with van der Waals surface area (Å²) < 4.78 is 3.44. The van der Waals surface area contributed by atoms with Gasteiger partial charge in [0.1, 0.15) is 5.41 Å². The van der Waals surface area contributed by atoms with Crippen LogP contribution in [-0.4, -0.2) is 55.2 Å². The molecule has 2 aliphatic rings. The molecule has 0 spiro atoms. The van der Waals surface area contributed by atoms with E-state index in [4.69, 9.17) is 5.73 Å². The molecule has 10 heteroatoms. The fourth-order valence-electron chi connectivity index (χ4n) is 4.72. The van der Waals surface area contributed by atoms with Crippen LogP contribution in [0.4, 0.5) is 5.69 Å². The molecule has 0 bridgehead atoms. The number of nitrogens with two attached hydrogens (primary N) is 1. The standard InChI is InChI=1S/C23H26N8O2/c1-3-14-10-30(22(33)23(13-24)4-5-23)12-18(14)28-20-17(21(25)32)8-27-31-11-15(6-19(20)31)16-7-26-29(2)9-16/h6-9,11,14,18,28H,3-5,10,12H2,1-2H3,(H2,25,32)/t14-,18-/m1/s1. The molecule has 2 atom stereocenters. The van der Waals surface area contributed by atoms with Gasteiger partial charge >= 0.3 is 0 Å². The summed E-state index contributed by atoms with van der Waals surface area (Å²) in [5.41, 5.74) is 8.33. The summed E-state index contributed by atoms with van der Waals surface area (Å²) >= 11 is 0. The van der Waals surface area contributed by atoms with Crippen LogP contribution in [-0.2, 0) is 11.8 Å². The Bertz CT molecular complexity index is 1300. The van der Waals surface area contributed by atoms with Crippen LogP contribution in [0.25, 0.3) is 16.6 Å². The van der Waals surface area contributed by atoms with Crippen molar-refractivity contribution >= 4 is 23.0 Å². The lowest BCUT2D eigenvalue weighted by molar-refractivity contribution is -0.134. The topological polar surface area (TPSA) is 134 Å². The van der Waals surface area contributed by atoms with E-state index >= 15 is 0 Å². The van der Waals surface area contributed by atoms with Crippen molar-refractivity contribution in [2.24, 2.45) is 24.1 Å². The zero-order valence-electron chi connectivity index (χ0n) is 18.7. The first-order valence-electron chi connectivity index (χ1n) is 11.1. The Morgan fingerprint density at radius 3 is 2.64 bits per heavy atom. The van der Waals surface area contributed by atoms with Gasteiger partial charge in [-0.3, -0.25) is 14.3 Å². The summed E-state index contributed by atoms with van der Waals surface area (Å²) in [4.78, 5) is 27.0. The third-order valence-corrected chi connectivity index (χ3v) is 6.90. The van der Waals surface area contributed by atoms with E-state index in [0.717, 1.165) is 23.1 Å². The predicted octanol–water partition coefficient (Wildman–Crippen LogP) is 1.79. The zero-order chi connectivity index (χ0) is 23.3. The van der Waals surface area contributed by atoms with E-state index in [9.17, 15) is 14.9 Å². The number of rotatable bonds is 6. The highest BCUT2D eigenvalue weighted by Gasteiger charge is 2.54. The van der Waals surface area contributed by atoms with E-state index in [-0.39, 0.29) is 17.9 Å². The van der Waals surface area contributed by atoms with Gasteiger partial charge in [-0.2, -0.15) is 15.5 Å². The molecular weight excluding hydrogens is 420 g/mol. The molecule has 0 aromatic carbocycles. The van der Waals surface area contributed by atoms with E-state index in [2.05, 4.69) is 28.5 Å². The van der Waals surface area contributed by atoms with Gasteiger partial charge in [-0.25, -0.2) is 4.52 Å². The number of fused-ring (bicyclic) bond motifs is 1. The molecule has 3 aromatic heterocycles. The minimum Gasteiger partial charge on any atom is -0.378 e. The van der Waals surface area contributed by atoms with Gasteiger partial charge in [-0.15, -0.1) is 0 Å². The number of aromatic nitrogens is 4. The number of amides is 2. The number of carbonyl (C=O) groups is 2. The maximum atomic E-state index is 12.9. The molecule has 0 unspecified atom stereocenters. The smallest absolute Gasteiger partial charge is 0.252 e. The monoisotopic (exact) mass is 446 g/mol. The van der Waals surface area contributed by atoms with E-state index in [1.165, 1.54) is 6.20 Å². The largest absolute Gasteiger partial charge is 0.378 e. The van der Waals surface area contributed by atoms with Crippen molar-refractivity contribution < 1.29 is 9.59 Å². The van der Waals surface area contributed by atoms with Gasteiger partial charge in [0.15, 0.2) is 0 Å². The summed E-state index contributed by atoms with van der Waals surface area (Å²) in [6, 6.07) is 4.08. The van der Waals surface area contributed by atoms with E-state index in [0.29, 0.717) is 37.2 Å². The molecular formula is C23H26N8O2. The number of hydrogen-bond acceptors (Lipinski definition) is 6. The van der Waals surface area contributed by atoms with Gasteiger partial charge in [0.25, 0.3) is 5.91 Å². The Hall–Kier alpha value is -3.87. The minimum atomic E-state index is -0.838. The van der Waals surface area contributed by atoms with Crippen molar-refractivity contribution in [1.29, 1.82) is 5.26 Å². The number of nitriles is 1. The molecule has 0 radical (unpaired) electrons. The minimum absolute atomic E-state index is 0.0746. The van der Waals surface area contributed by atoms with Crippen molar-refractivity contribution in [3.63, 3.8) is 0 Å². The van der Waals surface area contributed by atoms with Crippen molar-refractivity contribution in [2.75, 3.05) is 18.4 Å². The normalized spacial score (nSPS) is 21.2. The zero-order valence-corrected chi connectivity index (χ0v) is 18.7. The average Bonchev–Trinajstić information content (AvgIpc) is 3.11. The number of primary amides is 1. The molecule has 2 fully saturated rings. The molecule has 2 amide bonds. The maximum absolute atomic E-state index is 12.9. The van der Waals surface area contributed by atoms with E-state index in [1.807, 2.05) is 25.5 Å². The van der Waals surface area contributed by atoms with Gasteiger partial charge < -0.3 is 16.0 Å². The van der Waals surface area contributed by atoms with Gasteiger partial charge in [-0.05, 0) is 31.2 Å². The van der Waals surface area contributed by atoms with Gasteiger partial charge in [0.2, 0.25) is 5.91 Å². The third-order valence-electron chi connectivity index (χ3n) is 6.90. The highest BCUT2D eigenvalue weighted by atomic mass is 16.2. The average molecular weight is 447 g/mol. The molecule has 3 N–H and O–H groups in total. The van der Waals surface area contributed by atoms with Crippen LogP contribution in [0.5, 0.6) is 0 Å². The number of nitrogens with one attached hydrogen (secondary N) is 1. The first kappa shape index (κ1) is 21.0. The molecule has 1 saturated heterocycles. The number of anilines is 1. The van der Waals surface area contributed by atoms with Gasteiger partial charge in [0.05, 0.1) is 35.2 Å².